The molecule has 0 unspecified atom stereocenters. The molecular weight excluding hydrogens is 268 g/mol. The number of anilines is 1. The highest BCUT2D eigenvalue weighted by Gasteiger charge is 2.12. The molecule has 0 N–H and O–H groups in total. The molecule has 16 heavy (non-hydrogen) atoms. The molecule has 0 bridgehead atoms. The Kier molecular flexibility index (Phi) is 4.12. The molecule has 1 aromatic heterocycles. The van der Waals surface area contributed by atoms with E-state index in [9.17, 15) is 0 Å². The minimum atomic E-state index is 0.794. The van der Waals surface area contributed by atoms with Crippen LogP contribution in [0, 0.1) is 0 Å². The second-order valence-electron chi connectivity index (χ2n) is 4.17. The largest absolute Gasteiger partial charge is 0.343 e. The third kappa shape index (κ3) is 3.15. The van der Waals surface area contributed by atoms with E-state index in [2.05, 4.69) is 35.7 Å². The van der Waals surface area contributed by atoms with E-state index in [0.29, 0.717) is 0 Å². The summed E-state index contributed by atoms with van der Waals surface area (Å²) in [6.07, 6.45) is 6.26. The van der Waals surface area contributed by atoms with Crippen molar-refractivity contribution in [3.05, 3.63) is 16.9 Å². The summed E-state index contributed by atoms with van der Waals surface area (Å²) in [5, 5.41) is 0. The van der Waals surface area contributed by atoms with Crippen LogP contribution in [0.25, 0.3) is 0 Å². The van der Waals surface area contributed by atoms with E-state index in [1.807, 2.05) is 7.05 Å². The Bertz CT molecular complexity index is 321. The minimum absolute atomic E-state index is 0.794. The zero-order valence-electron chi connectivity index (χ0n) is 9.56. The van der Waals surface area contributed by atoms with E-state index < -0.39 is 0 Å². The fraction of sp³-hybridized carbons (Fsp3) is 0.636. The number of aromatic nitrogens is 2. The van der Waals surface area contributed by atoms with Crippen molar-refractivity contribution < 1.29 is 0 Å². The molecule has 2 heterocycles. The summed E-state index contributed by atoms with van der Waals surface area (Å²) in [6.45, 7) is 4.58. The van der Waals surface area contributed by atoms with Gasteiger partial charge in [-0.2, -0.15) is 0 Å². The second kappa shape index (κ2) is 5.59. The van der Waals surface area contributed by atoms with Gasteiger partial charge in [0.1, 0.15) is 0 Å². The molecule has 1 fully saturated rings. The van der Waals surface area contributed by atoms with Crippen molar-refractivity contribution in [2.24, 2.45) is 0 Å². The number of hydrogen-bond donors (Lipinski definition) is 0. The van der Waals surface area contributed by atoms with Crippen LogP contribution in [-0.2, 0) is 0 Å². The van der Waals surface area contributed by atoms with E-state index in [1.165, 1.54) is 25.9 Å². The van der Waals surface area contributed by atoms with E-state index in [4.69, 9.17) is 0 Å². The van der Waals surface area contributed by atoms with Gasteiger partial charge in [-0.1, -0.05) is 0 Å². The fourth-order valence-corrected chi connectivity index (χ4v) is 2.10. The summed E-state index contributed by atoms with van der Waals surface area (Å²) in [5.74, 6) is 0.794. The predicted octanol–water partition coefficient (Wildman–Crippen LogP) is 1.77. The molecular formula is C11H17BrN4. The number of nitrogens with zero attached hydrogens (tertiary/aromatic N) is 4. The molecule has 0 radical (unpaired) electrons. The van der Waals surface area contributed by atoms with Crippen LogP contribution in [0.4, 0.5) is 5.95 Å². The first-order valence-corrected chi connectivity index (χ1v) is 6.46. The molecule has 1 aromatic rings. The van der Waals surface area contributed by atoms with Crippen molar-refractivity contribution in [2.75, 3.05) is 38.1 Å². The molecule has 0 aromatic carbocycles. The van der Waals surface area contributed by atoms with Crippen molar-refractivity contribution in [3.63, 3.8) is 0 Å². The standard InChI is InChI=1S/C11H17BrN4/c1-15(6-7-16-4-2-3-5-16)11-13-8-10(12)9-14-11/h8-9H,2-7H2,1H3. The lowest BCUT2D eigenvalue weighted by molar-refractivity contribution is 0.346. The third-order valence-electron chi connectivity index (χ3n) is 2.90. The molecule has 0 amide bonds. The average molecular weight is 285 g/mol. The van der Waals surface area contributed by atoms with Gasteiger partial charge in [-0.15, -0.1) is 0 Å². The molecule has 0 atom stereocenters. The van der Waals surface area contributed by atoms with Gasteiger partial charge in [-0.3, -0.25) is 0 Å². The number of likely N-dealkylation sites (tertiary alicyclic amines) is 1. The van der Waals surface area contributed by atoms with Crippen molar-refractivity contribution >= 4 is 21.9 Å². The Morgan fingerprint density at radius 2 is 1.94 bits per heavy atom. The number of halogens is 1. The Labute approximate surface area is 105 Å². The van der Waals surface area contributed by atoms with Crippen molar-refractivity contribution in [1.29, 1.82) is 0 Å². The maximum Gasteiger partial charge on any atom is 0.225 e. The summed E-state index contributed by atoms with van der Waals surface area (Å²) in [6, 6.07) is 0. The first-order valence-electron chi connectivity index (χ1n) is 5.67. The monoisotopic (exact) mass is 284 g/mol. The third-order valence-corrected chi connectivity index (χ3v) is 3.31. The number of rotatable bonds is 4. The highest BCUT2D eigenvalue weighted by Crippen LogP contribution is 2.11. The normalized spacial score (nSPS) is 16.6. The van der Waals surface area contributed by atoms with E-state index in [0.717, 1.165) is 23.5 Å². The summed E-state index contributed by atoms with van der Waals surface area (Å²) >= 11 is 3.34. The van der Waals surface area contributed by atoms with Gasteiger partial charge in [-0.25, -0.2) is 9.97 Å². The Hall–Kier alpha value is -0.680. The molecule has 0 aliphatic carbocycles. The molecule has 4 nitrogen and oxygen atoms in total. The fourth-order valence-electron chi connectivity index (χ4n) is 1.90. The van der Waals surface area contributed by atoms with Gasteiger partial charge in [0.15, 0.2) is 0 Å². The van der Waals surface area contributed by atoms with Crippen LogP contribution in [-0.4, -0.2) is 48.1 Å². The Morgan fingerprint density at radius 3 is 2.56 bits per heavy atom. The smallest absolute Gasteiger partial charge is 0.225 e. The van der Waals surface area contributed by atoms with Crippen LogP contribution in [0.3, 0.4) is 0 Å². The molecule has 2 rings (SSSR count). The predicted molar refractivity (Wildman–Crippen MR) is 68.7 cm³/mol. The first kappa shape index (κ1) is 11.8. The molecule has 1 aliphatic rings. The van der Waals surface area contributed by atoms with Gasteiger partial charge >= 0.3 is 0 Å². The molecule has 0 saturated carbocycles. The highest BCUT2D eigenvalue weighted by molar-refractivity contribution is 9.10. The van der Waals surface area contributed by atoms with Crippen molar-refractivity contribution in [2.45, 2.75) is 12.8 Å². The van der Waals surface area contributed by atoms with Crippen LogP contribution in [0.2, 0.25) is 0 Å². The first-order chi connectivity index (χ1) is 7.75. The van der Waals surface area contributed by atoms with Crippen LogP contribution in [0.5, 0.6) is 0 Å². The van der Waals surface area contributed by atoms with Crippen LogP contribution >= 0.6 is 15.9 Å². The Balaban J connectivity index is 1.82. The summed E-state index contributed by atoms with van der Waals surface area (Å²) in [4.78, 5) is 13.1. The molecule has 88 valence electrons. The van der Waals surface area contributed by atoms with Gasteiger partial charge in [0.2, 0.25) is 5.95 Å². The summed E-state index contributed by atoms with van der Waals surface area (Å²) < 4.78 is 0.921. The Morgan fingerprint density at radius 1 is 1.31 bits per heavy atom. The topological polar surface area (TPSA) is 32.3 Å². The van der Waals surface area contributed by atoms with E-state index in [-0.39, 0.29) is 0 Å². The average Bonchev–Trinajstić information content (AvgIpc) is 2.80. The van der Waals surface area contributed by atoms with Crippen molar-refractivity contribution in [1.82, 2.24) is 14.9 Å². The molecule has 0 spiro atoms. The molecule has 5 heteroatoms. The van der Waals surface area contributed by atoms with E-state index >= 15 is 0 Å². The molecule has 1 aliphatic heterocycles. The lowest BCUT2D eigenvalue weighted by atomic mass is 10.4. The van der Waals surface area contributed by atoms with Crippen LogP contribution in [0.15, 0.2) is 16.9 Å². The quantitative estimate of drug-likeness (QED) is 0.844. The summed E-state index contributed by atoms with van der Waals surface area (Å²) in [5.41, 5.74) is 0. The number of hydrogen-bond acceptors (Lipinski definition) is 4. The maximum absolute atomic E-state index is 4.27. The van der Waals surface area contributed by atoms with Crippen LogP contribution in [0.1, 0.15) is 12.8 Å². The number of likely N-dealkylation sites (N-methyl/N-ethyl adjacent to an activating group) is 1. The lowest BCUT2D eigenvalue weighted by Crippen LogP contribution is -2.32. The minimum Gasteiger partial charge on any atom is -0.343 e. The highest BCUT2D eigenvalue weighted by atomic mass is 79.9. The van der Waals surface area contributed by atoms with E-state index in [1.54, 1.807) is 12.4 Å². The summed E-state index contributed by atoms with van der Waals surface area (Å²) in [7, 11) is 2.04. The van der Waals surface area contributed by atoms with Gasteiger partial charge in [0.05, 0.1) is 4.47 Å². The zero-order chi connectivity index (χ0) is 11.4. The lowest BCUT2D eigenvalue weighted by Gasteiger charge is -2.21. The molecule has 1 saturated heterocycles. The van der Waals surface area contributed by atoms with Crippen molar-refractivity contribution in [3.8, 4) is 0 Å². The second-order valence-corrected chi connectivity index (χ2v) is 5.09. The van der Waals surface area contributed by atoms with Crippen LogP contribution < -0.4 is 4.90 Å². The van der Waals surface area contributed by atoms with Gasteiger partial charge < -0.3 is 9.80 Å². The maximum atomic E-state index is 4.27. The van der Waals surface area contributed by atoms with Gasteiger partial charge in [-0.05, 0) is 41.9 Å². The zero-order valence-corrected chi connectivity index (χ0v) is 11.2. The SMILES string of the molecule is CN(CCN1CCCC1)c1ncc(Br)cn1. The van der Waals surface area contributed by atoms with Gasteiger partial charge in [0.25, 0.3) is 0 Å². The van der Waals surface area contributed by atoms with Gasteiger partial charge in [0, 0.05) is 32.5 Å².